The standard InChI is InChI=1S/C23H23O4P/c1-2-26-23(24)18-28(25,20-13-7-4-8-14-20)22-16-10-9-15-21(22)27-17-19-11-5-3-6-12-19/h3-16H,2,17-18H2,1H3/t28-/m1/s1. The SMILES string of the molecule is CCOC(=O)C[P@@](=O)(c1ccccc1)c1ccccc1OCc1ccccc1. The minimum absolute atomic E-state index is 0.198. The summed E-state index contributed by atoms with van der Waals surface area (Å²) in [6.07, 6.45) is -0.198. The van der Waals surface area contributed by atoms with Crippen molar-refractivity contribution >= 4 is 23.7 Å². The van der Waals surface area contributed by atoms with E-state index >= 15 is 0 Å². The summed E-state index contributed by atoms with van der Waals surface area (Å²) in [4.78, 5) is 12.3. The highest BCUT2D eigenvalue weighted by Gasteiger charge is 2.33. The molecule has 0 bridgehead atoms. The number of carbonyl (C=O) groups excluding carboxylic acids is 1. The van der Waals surface area contributed by atoms with Crippen molar-refractivity contribution < 1.29 is 18.8 Å². The molecule has 0 N–H and O–H groups in total. The average molecular weight is 394 g/mol. The van der Waals surface area contributed by atoms with Crippen molar-refractivity contribution in [3.05, 3.63) is 90.5 Å². The van der Waals surface area contributed by atoms with Crippen LogP contribution in [0.5, 0.6) is 5.75 Å². The summed E-state index contributed by atoms with van der Waals surface area (Å²) in [7, 11) is -3.27. The molecule has 28 heavy (non-hydrogen) atoms. The van der Waals surface area contributed by atoms with Crippen molar-refractivity contribution in [3.63, 3.8) is 0 Å². The average Bonchev–Trinajstić information content (AvgIpc) is 2.74. The molecule has 0 aromatic heterocycles. The van der Waals surface area contributed by atoms with Crippen molar-refractivity contribution in [2.45, 2.75) is 13.5 Å². The number of carbonyl (C=O) groups is 1. The summed E-state index contributed by atoms with van der Waals surface area (Å²) in [6, 6.07) is 26.1. The van der Waals surface area contributed by atoms with Gasteiger partial charge in [-0.25, -0.2) is 0 Å². The molecule has 5 heteroatoms. The molecule has 144 valence electrons. The molecule has 3 rings (SSSR count). The lowest BCUT2D eigenvalue weighted by Gasteiger charge is -2.21. The van der Waals surface area contributed by atoms with Gasteiger partial charge < -0.3 is 14.0 Å². The Kier molecular flexibility index (Phi) is 6.67. The molecule has 0 saturated carbocycles. The van der Waals surface area contributed by atoms with E-state index in [1.165, 1.54) is 0 Å². The second kappa shape index (κ2) is 9.38. The van der Waals surface area contributed by atoms with E-state index in [-0.39, 0.29) is 12.8 Å². The Bertz CT molecular complexity index is 955. The first-order valence-corrected chi connectivity index (χ1v) is 11.1. The first-order valence-electron chi connectivity index (χ1n) is 9.20. The number of hydrogen-bond acceptors (Lipinski definition) is 4. The molecule has 4 nitrogen and oxygen atoms in total. The number of esters is 1. The third kappa shape index (κ3) is 4.71. The van der Waals surface area contributed by atoms with Crippen LogP contribution in [0.3, 0.4) is 0 Å². The minimum atomic E-state index is -3.27. The van der Waals surface area contributed by atoms with Crippen molar-refractivity contribution in [2.24, 2.45) is 0 Å². The molecule has 0 unspecified atom stereocenters. The smallest absolute Gasteiger partial charge is 0.313 e. The largest absolute Gasteiger partial charge is 0.488 e. The van der Waals surface area contributed by atoms with Crippen LogP contribution >= 0.6 is 7.14 Å². The molecular weight excluding hydrogens is 371 g/mol. The van der Waals surface area contributed by atoms with Crippen LogP contribution < -0.4 is 15.3 Å². The zero-order chi connectivity index (χ0) is 19.8. The Balaban J connectivity index is 1.98. The van der Waals surface area contributed by atoms with E-state index < -0.39 is 13.1 Å². The number of para-hydroxylation sites is 1. The summed E-state index contributed by atoms with van der Waals surface area (Å²) in [6.45, 7) is 2.34. The van der Waals surface area contributed by atoms with Gasteiger partial charge in [0.25, 0.3) is 0 Å². The van der Waals surface area contributed by atoms with Crippen LogP contribution in [-0.4, -0.2) is 18.7 Å². The van der Waals surface area contributed by atoms with Gasteiger partial charge in [0.2, 0.25) is 0 Å². The number of ether oxygens (including phenoxy) is 2. The molecular formula is C23H23O4P. The summed E-state index contributed by atoms with van der Waals surface area (Å²) in [5, 5.41) is 1.14. The third-order valence-corrected chi connectivity index (χ3v) is 7.31. The van der Waals surface area contributed by atoms with Crippen LogP contribution in [-0.2, 0) is 20.7 Å². The summed E-state index contributed by atoms with van der Waals surface area (Å²) in [5.41, 5.74) is 1.01. The molecule has 0 heterocycles. The Morgan fingerprint density at radius 3 is 2.14 bits per heavy atom. The van der Waals surface area contributed by atoms with E-state index in [1.54, 1.807) is 31.2 Å². The first-order chi connectivity index (χ1) is 13.6. The van der Waals surface area contributed by atoms with Gasteiger partial charge in [0.1, 0.15) is 18.5 Å². The van der Waals surface area contributed by atoms with Crippen LogP contribution in [0.2, 0.25) is 0 Å². The maximum Gasteiger partial charge on any atom is 0.313 e. The maximum absolute atomic E-state index is 14.2. The van der Waals surface area contributed by atoms with E-state index in [9.17, 15) is 9.36 Å². The monoisotopic (exact) mass is 394 g/mol. The van der Waals surface area contributed by atoms with Gasteiger partial charge in [0.15, 0.2) is 7.14 Å². The summed E-state index contributed by atoms with van der Waals surface area (Å²) in [5.74, 6) is 0.0374. The van der Waals surface area contributed by atoms with Gasteiger partial charge in [-0.3, -0.25) is 4.79 Å². The molecule has 0 radical (unpaired) electrons. The van der Waals surface area contributed by atoms with Crippen molar-refractivity contribution in [1.82, 2.24) is 0 Å². The first kappa shape index (κ1) is 19.9. The van der Waals surface area contributed by atoms with Crippen molar-refractivity contribution in [3.8, 4) is 5.75 Å². The zero-order valence-electron chi connectivity index (χ0n) is 15.8. The second-order valence-electron chi connectivity index (χ2n) is 6.28. The highest BCUT2D eigenvalue weighted by Crippen LogP contribution is 2.46. The topological polar surface area (TPSA) is 52.6 Å². The van der Waals surface area contributed by atoms with E-state index in [0.29, 0.717) is 23.0 Å². The van der Waals surface area contributed by atoms with Gasteiger partial charge in [0.05, 0.1) is 11.9 Å². The van der Waals surface area contributed by atoms with E-state index in [2.05, 4.69) is 0 Å². The highest BCUT2D eigenvalue weighted by atomic mass is 31.2. The summed E-state index contributed by atoms with van der Waals surface area (Å²) >= 11 is 0. The van der Waals surface area contributed by atoms with Crippen LogP contribution in [0.25, 0.3) is 0 Å². The fourth-order valence-corrected chi connectivity index (χ4v) is 5.55. The Hall–Kier alpha value is -2.84. The number of benzene rings is 3. The van der Waals surface area contributed by atoms with Crippen molar-refractivity contribution in [2.75, 3.05) is 12.8 Å². The number of rotatable bonds is 8. The fraction of sp³-hybridized carbons (Fsp3) is 0.174. The molecule has 3 aromatic carbocycles. The predicted molar refractivity (Wildman–Crippen MR) is 112 cm³/mol. The predicted octanol–water partition coefficient (Wildman–Crippen LogP) is 4.14. The Morgan fingerprint density at radius 1 is 0.857 bits per heavy atom. The van der Waals surface area contributed by atoms with E-state index in [0.717, 1.165) is 5.56 Å². The molecule has 3 aromatic rings. The van der Waals surface area contributed by atoms with Gasteiger partial charge in [0, 0.05) is 5.30 Å². The van der Waals surface area contributed by atoms with Gasteiger partial charge >= 0.3 is 5.97 Å². The molecule has 0 spiro atoms. The molecule has 0 amide bonds. The quantitative estimate of drug-likeness (QED) is 0.426. The lowest BCUT2D eigenvalue weighted by molar-refractivity contribution is -0.139. The second-order valence-corrected chi connectivity index (χ2v) is 9.07. The van der Waals surface area contributed by atoms with Crippen LogP contribution in [0.1, 0.15) is 12.5 Å². The highest BCUT2D eigenvalue weighted by molar-refractivity contribution is 7.79. The van der Waals surface area contributed by atoms with Gasteiger partial charge in [-0.1, -0.05) is 72.8 Å². The molecule has 0 saturated heterocycles. The molecule has 0 fully saturated rings. The van der Waals surface area contributed by atoms with E-state index in [4.69, 9.17) is 9.47 Å². The van der Waals surface area contributed by atoms with Crippen LogP contribution in [0.15, 0.2) is 84.9 Å². The van der Waals surface area contributed by atoms with Crippen molar-refractivity contribution in [1.29, 1.82) is 0 Å². The zero-order valence-corrected chi connectivity index (χ0v) is 16.7. The Morgan fingerprint density at radius 2 is 1.46 bits per heavy atom. The lowest BCUT2D eigenvalue weighted by Crippen LogP contribution is -2.25. The third-order valence-electron chi connectivity index (χ3n) is 4.32. The molecule has 0 aliphatic carbocycles. The van der Waals surface area contributed by atoms with Gasteiger partial charge in [-0.05, 0) is 24.6 Å². The van der Waals surface area contributed by atoms with Gasteiger partial charge in [-0.15, -0.1) is 0 Å². The lowest BCUT2D eigenvalue weighted by atomic mass is 10.2. The summed E-state index contributed by atoms with van der Waals surface area (Å²) < 4.78 is 25.3. The molecule has 0 aliphatic rings. The van der Waals surface area contributed by atoms with E-state index in [1.807, 2.05) is 60.7 Å². The number of hydrogen-bond donors (Lipinski definition) is 0. The van der Waals surface area contributed by atoms with Crippen LogP contribution in [0, 0.1) is 0 Å². The molecule has 0 aliphatic heterocycles. The Labute approximate surface area is 165 Å². The fourth-order valence-electron chi connectivity index (χ4n) is 2.99. The normalized spacial score (nSPS) is 12.8. The maximum atomic E-state index is 14.2. The minimum Gasteiger partial charge on any atom is -0.488 e. The molecule has 1 atom stereocenters. The van der Waals surface area contributed by atoms with Crippen LogP contribution in [0.4, 0.5) is 0 Å². The van der Waals surface area contributed by atoms with Gasteiger partial charge in [-0.2, -0.15) is 0 Å².